The third-order valence-electron chi connectivity index (χ3n) is 7.45. The van der Waals surface area contributed by atoms with Gasteiger partial charge in [0.05, 0.1) is 13.0 Å². The van der Waals surface area contributed by atoms with E-state index in [0.29, 0.717) is 42.4 Å². The largest absolute Gasteiger partial charge is 0.469 e. The van der Waals surface area contributed by atoms with E-state index in [1.807, 2.05) is 20.8 Å². The molecule has 0 aliphatic heterocycles. The van der Waals surface area contributed by atoms with E-state index in [-0.39, 0.29) is 29.5 Å². The summed E-state index contributed by atoms with van der Waals surface area (Å²) in [5, 5.41) is 5.07. The minimum absolute atomic E-state index is 0.0850. The number of aryl methyl sites for hydroxylation is 1. The predicted molar refractivity (Wildman–Crippen MR) is 157 cm³/mol. The summed E-state index contributed by atoms with van der Waals surface area (Å²) in [6, 6.07) is -0.638. The van der Waals surface area contributed by atoms with Crippen molar-refractivity contribution >= 4 is 35.1 Å². The zero-order valence-corrected chi connectivity index (χ0v) is 26.4. The van der Waals surface area contributed by atoms with Crippen LogP contribution in [-0.2, 0) is 30.3 Å². The predicted octanol–water partition coefficient (Wildman–Crippen LogP) is 4.06. The Balaban J connectivity index is 1.76. The zero-order chi connectivity index (χ0) is 31.0. The lowest BCUT2D eigenvalue weighted by Crippen LogP contribution is -2.42. The lowest BCUT2D eigenvalue weighted by atomic mass is 9.96. The number of ether oxygens (including phenoxy) is 2. The molecule has 0 aromatic carbocycles. The molecule has 4 atom stereocenters. The molecule has 0 saturated heterocycles. The van der Waals surface area contributed by atoms with Gasteiger partial charge in [-0.1, -0.05) is 20.8 Å². The van der Waals surface area contributed by atoms with Gasteiger partial charge in [-0.15, -0.1) is 11.3 Å². The summed E-state index contributed by atoms with van der Waals surface area (Å²) in [7, 11) is 3.13. The molecule has 2 heterocycles. The summed E-state index contributed by atoms with van der Waals surface area (Å²) in [6.07, 6.45) is 6.40. The van der Waals surface area contributed by atoms with Gasteiger partial charge >= 0.3 is 11.9 Å². The SMILES string of the molecule is COC(=O)C(C)CC(Cc1ncc(C)cn1)NC(=O)c1csc(C(CC(C(C)C)N(C)C(=O)CC2CC2)OC(C)=O)n1. The van der Waals surface area contributed by atoms with E-state index in [2.05, 4.69) is 20.3 Å². The molecule has 1 fully saturated rings. The Hall–Kier alpha value is -3.41. The van der Waals surface area contributed by atoms with Crippen molar-refractivity contribution in [1.82, 2.24) is 25.2 Å². The van der Waals surface area contributed by atoms with Crippen molar-refractivity contribution < 1.29 is 28.7 Å². The normalized spacial score (nSPS) is 15.8. The fourth-order valence-corrected chi connectivity index (χ4v) is 5.70. The highest BCUT2D eigenvalue weighted by Gasteiger charge is 2.33. The smallest absolute Gasteiger partial charge is 0.308 e. The van der Waals surface area contributed by atoms with E-state index < -0.39 is 29.9 Å². The maximum absolute atomic E-state index is 13.3. The number of aromatic nitrogens is 3. The van der Waals surface area contributed by atoms with Crippen LogP contribution < -0.4 is 5.32 Å². The minimum Gasteiger partial charge on any atom is -0.469 e. The molecule has 2 amide bonds. The van der Waals surface area contributed by atoms with Crippen LogP contribution in [0, 0.1) is 24.7 Å². The molecular formula is C30H43N5O6S. The van der Waals surface area contributed by atoms with Gasteiger partial charge in [0.1, 0.15) is 16.5 Å². The van der Waals surface area contributed by atoms with Crippen molar-refractivity contribution in [3.63, 3.8) is 0 Å². The molecule has 1 aliphatic carbocycles. The summed E-state index contributed by atoms with van der Waals surface area (Å²) in [6.45, 7) is 9.03. The highest BCUT2D eigenvalue weighted by molar-refractivity contribution is 7.09. The van der Waals surface area contributed by atoms with Crippen molar-refractivity contribution in [3.8, 4) is 0 Å². The van der Waals surface area contributed by atoms with Crippen LogP contribution in [0.5, 0.6) is 0 Å². The first-order chi connectivity index (χ1) is 19.9. The topological polar surface area (TPSA) is 141 Å². The highest BCUT2D eigenvalue weighted by Crippen LogP contribution is 2.35. The van der Waals surface area contributed by atoms with Crippen LogP contribution in [0.2, 0.25) is 0 Å². The number of methoxy groups -OCH3 is 1. The molecule has 1 aliphatic rings. The maximum atomic E-state index is 13.3. The average Bonchev–Trinajstić information content (AvgIpc) is 3.61. The van der Waals surface area contributed by atoms with Crippen LogP contribution in [-0.4, -0.2) is 69.8 Å². The molecule has 230 valence electrons. The molecule has 0 radical (unpaired) electrons. The standard InChI is InChI=1S/C30H43N5O6S/c1-17(2)24(35(6)27(37)11-21-8-9-21)13-25(41-20(5)36)29-34-23(16-42-29)28(38)33-22(10-19(4)30(39)40-7)12-26-31-14-18(3)15-32-26/h14-17,19,21-22,24-25H,8-13H2,1-7H3,(H,33,38). The van der Waals surface area contributed by atoms with Crippen LogP contribution in [0.3, 0.4) is 0 Å². The van der Waals surface area contributed by atoms with Gasteiger partial charge in [-0.3, -0.25) is 19.2 Å². The van der Waals surface area contributed by atoms with E-state index in [9.17, 15) is 19.2 Å². The Morgan fingerprint density at radius 2 is 1.79 bits per heavy atom. The van der Waals surface area contributed by atoms with Crippen LogP contribution in [0.25, 0.3) is 0 Å². The lowest BCUT2D eigenvalue weighted by molar-refractivity contribution is -0.148. The van der Waals surface area contributed by atoms with Crippen molar-refractivity contribution in [1.29, 1.82) is 0 Å². The molecule has 1 saturated carbocycles. The third kappa shape index (κ3) is 9.85. The zero-order valence-electron chi connectivity index (χ0n) is 25.6. The van der Waals surface area contributed by atoms with E-state index in [1.54, 1.807) is 36.6 Å². The van der Waals surface area contributed by atoms with Gasteiger partial charge < -0.3 is 19.7 Å². The van der Waals surface area contributed by atoms with Crippen LogP contribution in [0.15, 0.2) is 17.8 Å². The molecule has 3 rings (SSSR count). The number of carbonyl (C=O) groups excluding carboxylic acids is 4. The number of esters is 2. The highest BCUT2D eigenvalue weighted by atomic mass is 32.1. The number of amides is 2. The summed E-state index contributed by atoms with van der Waals surface area (Å²) < 4.78 is 10.5. The first-order valence-corrected chi connectivity index (χ1v) is 15.3. The Bertz CT molecular complexity index is 1230. The van der Waals surface area contributed by atoms with E-state index in [1.165, 1.54) is 25.4 Å². The summed E-state index contributed by atoms with van der Waals surface area (Å²) >= 11 is 1.23. The Kier molecular flexibility index (Phi) is 12.0. The lowest BCUT2D eigenvalue weighted by Gasteiger charge is -2.33. The number of nitrogens with zero attached hydrogens (tertiary/aromatic N) is 4. The van der Waals surface area contributed by atoms with Gasteiger partial charge in [0, 0.05) is 63.1 Å². The second kappa shape index (κ2) is 15.2. The molecule has 2 aromatic rings. The van der Waals surface area contributed by atoms with E-state index in [0.717, 1.165) is 18.4 Å². The molecule has 42 heavy (non-hydrogen) atoms. The second-order valence-corrected chi connectivity index (χ2v) is 12.5. The minimum atomic E-state index is -0.714. The molecular weight excluding hydrogens is 558 g/mol. The molecule has 2 aromatic heterocycles. The van der Waals surface area contributed by atoms with E-state index >= 15 is 0 Å². The van der Waals surface area contributed by atoms with Gasteiger partial charge in [0.2, 0.25) is 5.91 Å². The Morgan fingerprint density at radius 3 is 2.36 bits per heavy atom. The van der Waals surface area contributed by atoms with Crippen molar-refractivity contribution in [2.24, 2.45) is 17.8 Å². The van der Waals surface area contributed by atoms with Crippen molar-refractivity contribution in [2.45, 2.75) is 91.3 Å². The van der Waals surface area contributed by atoms with Crippen LogP contribution >= 0.6 is 11.3 Å². The number of carbonyl (C=O) groups is 4. The third-order valence-corrected chi connectivity index (χ3v) is 8.39. The Labute approximate surface area is 251 Å². The van der Waals surface area contributed by atoms with Gasteiger partial charge in [0.15, 0.2) is 6.10 Å². The van der Waals surface area contributed by atoms with Gasteiger partial charge in [-0.25, -0.2) is 15.0 Å². The van der Waals surface area contributed by atoms with E-state index in [4.69, 9.17) is 9.47 Å². The second-order valence-electron chi connectivity index (χ2n) is 11.6. The van der Waals surface area contributed by atoms with Crippen LogP contribution in [0.1, 0.15) is 92.8 Å². The first kappa shape index (κ1) is 33.1. The number of hydrogen-bond acceptors (Lipinski definition) is 10. The monoisotopic (exact) mass is 601 g/mol. The number of thiazole rings is 1. The summed E-state index contributed by atoms with van der Waals surface area (Å²) in [5.74, 6) is -0.526. The molecule has 4 unspecified atom stereocenters. The van der Waals surface area contributed by atoms with Crippen molar-refractivity contribution in [2.75, 3.05) is 14.2 Å². The quantitative estimate of drug-likeness (QED) is 0.299. The summed E-state index contributed by atoms with van der Waals surface area (Å²) in [5.41, 5.74) is 1.09. The average molecular weight is 602 g/mol. The van der Waals surface area contributed by atoms with Gasteiger partial charge in [0.25, 0.3) is 5.91 Å². The van der Waals surface area contributed by atoms with Gasteiger partial charge in [-0.05, 0) is 43.6 Å². The van der Waals surface area contributed by atoms with Crippen molar-refractivity contribution in [3.05, 3.63) is 39.9 Å². The molecule has 12 heteroatoms. The van der Waals surface area contributed by atoms with Crippen LogP contribution in [0.4, 0.5) is 0 Å². The van der Waals surface area contributed by atoms with Gasteiger partial charge in [-0.2, -0.15) is 0 Å². The fourth-order valence-electron chi connectivity index (χ4n) is 4.86. The number of nitrogens with one attached hydrogen (secondary N) is 1. The molecule has 0 spiro atoms. The molecule has 11 nitrogen and oxygen atoms in total. The Morgan fingerprint density at radius 1 is 1.12 bits per heavy atom. The maximum Gasteiger partial charge on any atom is 0.308 e. The number of rotatable bonds is 15. The first-order valence-electron chi connectivity index (χ1n) is 14.4. The fraction of sp³-hybridized carbons (Fsp3) is 0.633. The molecule has 0 bridgehead atoms. The number of hydrogen-bond donors (Lipinski definition) is 1. The summed E-state index contributed by atoms with van der Waals surface area (Å²) in [4.78, 5) is 65.4. The molecule has 1 N–H and O–H groups in total.